The average molecular weight is 296 g/mol. The van der Waals surface area contributed by atoms with Crippen LogP contribution in [0.15, 0.2) is 48.4 Å². The van der Waals surface area contributed by atoms with Crippen molar-refractivity contribution in [3.05, 3.63) is 54.1 Å². The number of barbiturate groups is 1. The van der Waals surface area contributed by atoms with E-state index in [0.29, 0.717) is 11.4 Å². The summed E-state index contributed by atoms with van der Waals surface area (Å²) >= 11 is 0. The van der Waals surface area contributed by atoms with E-state index in [0.717, 1.165) is 4.90 Å². The van der Waals surface area contributed by atoms with Crippen molar-refractivity contribution in [3.63, 3.8) is 0 Å². The average Bonchev–Trinajstić information content (AvgIpc) is 2.89. The van der Waals surface area contributed by atoms with Crippen molar-refractivity contribution in [2.45, 2.75) is 0 Å². The lowest BCUT2D eigenvalue weighted by atomic mass is 10.1. The summed E-state index contributed by atoms with van der Waals surface area (Å²) in [5.74, 6) is -1.39. The number of carbonyl (C=O) groups is 3. The number of hydrogen-bond acceptors (Lipinski definition) is 4. The van der Waals surface area contributed by atoms with E-state index in [-0.39, 0.29) is 5.57 Å². The van der Waals surface area contributed by atoms with Gasteiger partial charge in [0, 0.05) is 25.1 Å². The number of urea groups is 1. The van der Waals surface area contributed by atoms with Crippen LogP contribution >= 0.6 is 0 Å². The van der Waals surface area contributed by atoms with Crippen molar-refractivity contribution in [2.24, 2.45) is 7.05 Å². The fourth-order valence-corrected chi connectivity index (χ4v) is 2.15. The van der Waals surface area contributed by atoms with Crippen LogP contribution in [-0.4, -0.2) is 27.4 Å². The zero-order valence-corrected chi connectivity index (χ0v) is 11.7. The number of nitrogens with one attached hydrogen (secondary N) is 1. The molecule has 0 spiro atoms. The van der Waals surface area contributed by atoms with Gasteiger partial charge >= 0.3 is 6.03 Å². The molecule has 1 saturated heterocycles. The molecule has 2 aromatic heterocycles. The van der Waals surface area contributed by atoms with E-state index in [1.807, 2.05) is 0 Å². The first-order valence-electron chi connectivity index (χ1n) is 6.51. The van der Waals surface area contributed by atoms with Crippen molar-refractivity contribution >= 4 is 29.6 Å². The van der Waals surface area contributed by atoms with Crippen LogP contribution in [0.25, 0.3) is 6.08 Å². The van der Waals surface area contributed by atoms with Crippen LogP contribution in [0.2, 0.25) is 0 Å². The largest absolute Gasteiger partial charge is 0.351 e. The lowest BCUT2D eigenvalue weighted by Gasteiger charge is -2.25. The second-order valence-electron chi connectivity index (χ2n) is 4.71. The molecule has 0 aromatic carbocycles. The summed E-state index contributed by atoms with van der Waals surface area (Å²) in [4.78, 5) is 41.2. The first kappa shape index (κ1) is 13.7. The van der Waals surface area contributed by atoms with Gasteiger partial charge in [-0.25, -0.2) is 9.69 Å². The number of carbonyl (C=O) groups excluding carboxylic acids is 3. The van der Waals surface area contributed by atoms with Gasteiger partial charge in [-0.3, -0.25) is 19.9 Å². The van der Waals surface area contributed by atoms with Gasteiger partial charge in [0.1, 0.15) is 5.57 Å². The third-order valence-electron chi connectivity index (χ3n) is 3.28. The molecule has 7 nitrogen and oxygen atoms in total. The van der Waals surface area contributed by atoms with Crippen LogP contribution in [0.4, 0.5) is 10.5 Å². The molecule has 0 radical (unpaired) electrons. The zero-order valence-electron chi connectivity index (χ0n) is 11.7. The molecule has 3 heterocycles. The fraction of sp³-hybridized carbons (Fsp3) is 0.0667. The molecule has 110 valence electrons. The summed E-state index contributed by atoms with van der Waals surface area (Å²) < 4.78 is 1.76. The number of hydrogen-bond donors (Lipinski definition) is 1. The highest BCUT2D eigenvalue weighted by atomic mass is 16.2. The Morgan fingerprint density at radius 2 is 2.00 bits per heavy atom. The van der Waals surface area contributed by atoms with Gasteiger partial charge < -0.3 is 4.57 Å². The minimum Gasteiger partial charge on any atom is -0.351 e. The number of aromatic nitrogens is 2. The Morgan fingerprint density at radius 1 is 1.18 bits per heavy atom. The number of imide groups is 2. The molecule has 2 aromatic rings. The summed E-state index contributed by atoms with van der Waals surface area (Å²) in [6.07, 6.45) is 6.16. The van der Waals surface area contributed by atoms with E-state index in [1.54, 1.807) is 42.1 Å². The van der Waals surface area contributed by atoms with Crippen molar-refractivity contribution in [2.75, 3.05) is 4.90 Å². The number of pyridine rings is 1. The summed E-state index contributed by atoms with van der Waals surface area (Å²) in [7, 11) is 1.79. The fourth-order valence-electron chi connectivity index (χ4n) is 2.15. The van der Waals surface area contributed by atoms with E-state index in [1.165, 1.54) is 18.5 Å². The first-order chi connectivity index (χ1) is 10.6. The molecule has 4 amide bonds. The Hall–Kier alpha value is -3.22. The molecule has 3 rings (SSSR count). The monoisotopic (exact) mass is 296 g/mol. The Kier molecular flexibility index (Phi) is 3.30. The van der Waals surface area contributed by atoms with E-state index in [9.17, 15) is 14.4 Å². The topological polar surface area (TPSA) is 84.3 Å². The van der Waals surface area contributed by atoms with Crippen molar-refractivity contribution in [3.8, 4) is 0 Å². The number of aryl methyl sites for hydroxylation is 1. The van der Waals surface area contributed by atoms with Crippen LogP contribution in [0.1, 0.15) is 5.69 Å². The Labute approximate surface area is 125 Å². The molecule has 0 atom stereocenters. The maximum absolute atomic E-state index is 12.5. The van der Waals surface area contributed by atoms with E-state index in [2.05, 4.69) is 10.3 Å². The van der Waals surface area contributed by atoms with Crippen molar-refractivity contribution < 1.29 is 14.4 Å². The summed E-state index contributed by atoms with van der Waals surface area (Å²) in [5.41, 5.74) is 0.875. The van der Waals surface area contributed by atoms with Crippen molar-refractivity contribution in [1.82, 2.24) is 14.9 Å². The maximum Gasteiger partial charge on any atom is 0.336 e. The second-order valence-corrected chi connectivity index (χ2v) is 4.71. The van der Waals surface area contributed by atoms with Crippen LogP contribution in [0.3, 0.4) is 0 Å². The molecule has 1 aliphatic heterocycles. The molecule has 0 saturated carbocycles. The van der Waals surface area contributed by atoms with Gasteiger partial charge in [0.05, 0.1) is 11.9 Å². The van der Waals surface area contributed by atoms with Gasteiger partial charge in [-0.05, 0) is 30.3 Å². The number of nitrogens with zero attached hydrogens (tertiary/aromatic N) is 3. The highest BCUT2D eigenvalue weighted by molar-refractivity contribution is 6.39. The number of amides is 4. The van der Waals surface area contributed by atoms with Crippen molar-refractivity contribution in [1.29, 1.82) is 0 Å². The van der Waals surface area contributed by atoms with Crippen LogP contribution in [-0.2, 0) is 16.6 Å². The molecule has 1 fully saturated rings. The summed E-state index contributed by atoms with van der Waals surface area (Å²) in [6.45, 7) is 0. The highest BCUT2D eigenvalue weighted by Crippen LogP contribution is 2.20. The quantitative estimate of drug-likeness (QED) is 0.664. The molecule has 22 heavy (non-hydrogen) atoms. The molecule has 1 aliphatic rings. The predicted molar refractivity (Wildman–Crippen MR) is 78.7 cm³/mol. The lowest BCUT2D eigenvalue weighted by Crippen LogP contribution is -2.54. The zero-order chi connectivity index (χ0) is 15.7. The van der Waals surface area contributed by atoms with Gasteiger partial charge in [-0.2, -0.15) is 0 Å². The number of anilines is 1. The Morgan fingerprint density at radius 3 is 2.64 bits per heavy atom. The van der Waals surface area contributed by atoms with E-state index >= 15 is 0 Å². The minimum absolute atomic E-state index is 0.106. The number of rotatable bonds is 2. The standard InChI is InChI=1S/C15H12N4O3/c1-18-7-3-5-10(18)8-12-13(20)17-15(22)19(14(12)21)11-4-2-6-16-9-11/h2-9H,1H3,(H,17,20,22)/b12-8+. The molecule has 0 unspecified atom stereocenters. The molecule has 1 N–H and O–H groups in total. The molecule has 7 heteroatoms. The van der Waals surface area contributed by atoms with E-state index in [4.69, 9.17) is 0 Å². The van der Waals surface area contributed by atoms with Crippen LogP contribution in [0, 0.1) is 0 Å². The van der Waals surface area contributed by atoms with Gasteiger partial charge in [0.25, 0.3) is 11.8 Å². The van der Waals surface area contributed by atoms with E-state index < -0.39 is 17.8 Å². The minimum atomic E-state index is -0.785. The van der Waals surface area contributed by atoms with Crippen LogP contribution < -0.4 is 10.2 Å². The molecular formula is C15H12N4O3. The lowest BCUT2D eigenvalue weighted by molar-refractivity contribution is -0.122. The maximum atomic E-state index is 12.5. The Balaban J connectivity index is 2.03. The van der Waals surface area contributed by atoms with Gasteiger partial charge in [0.2, 0.25) is 0 Å². The van der Waals surface area contributed by atoms with Gasteiger partial charge in [-0.1, -0.05) is 0 Å². The van der Waals surface area contributed by atoms with Crippen LogP contribution in [0.5, 0.6) is 0 Å². The molecule has 0 aliphatic carbocycles. The normalized spacial score (nSPS) is 17.0. The smallest absolute Gasteiger partial charge is 0.336 e. The second kappa shape index (κ2) is 5.28. The molecular weight excluding hydrogens is 284 g/mol. The van der Waals surface area contributed by atoms with Gasteiger partial charge in [0.15, 0.2) is 0 Å². The third kappa shape index (κ3) is 2.28. The summed E-state index contributed by atoms with van der Waals surface area (Å²) in [5, 5.41) is 2.16. The molecule has 0 bridgehead atoms. The summed E-state index contributed by atoms with van der Waals surface area (Å²) in [6, 6.07) is 5.94. The third-order valence-corrected chi connectivity index (χ3v) is 3.28. The Bertz CT molecular complexity index is 792. The predicted octanol–water partition coefficient (Wildman–Crippen LogP) is 1.09. The highest BCUT2D eigenvalue weighted by Gasteiger charge is 2.36. The van der Waals surface area contributed by atoms with Gasteiger partial charge in [-0.15, -0.1) is 0 Å². The SMILES string of the molecule is Cn1cccc1/C=C1\C(=O)NC(=O)N(c2cccnc2)C1=O. The first-order valence-corrected chi connectivity index (χ1v) is 6.51.